The van der Waals surface area contributed by atoms with Crippen molar-refractivity contribution in [3.8, 4) is 22.0 Å². The van der Waals surface area contributed by atoms with Crippen molar-refractivity contribution in [1.29, 1.82) is 0 Å². The molecular formula is C21H18N4OS. The highest BCUT2D eigenvalue weighted by atomic mass is 32.1. The van der Waals surface area contributed by atoms with E-state index in [9.17, 15) is 4.79 Å². The molecule has 5 nitrogen and oxygen atoms in total. The molecule has 4 rings (SSSR count). The van der Waals surface area contributed by atoms with Gasteiger partial charge in [0.05, 0.1) is 17.0 Å². The molecule has 1 amide bonds. The Morgan fingerprint density at radius 3 is 2.44 bits per heavy atom. The molecule has 2 aromatic carbocycles. The van der Waals surface area contributed by atoms with Gasteiger partial charge in [-0.05, 0) is 5.56 Å². The Labute approximate surface area is 161 Å². The third-order valence-corrected chi connectivity index (χ3v) is 5.12. The van der Waals surface area contributed by atoms with Gasteiger partial charge in [-0.15, -0.1) is 0 Å². The van der Waals surface area contributed by atoms with Crippen molar-refractivity contribution in [2.24, 2.45) is 7.05 Å². The Morgan fingerprint density at radius 1 is 1.07 bits per heavy atom. The van der Waals surface area contributed by atoms with Gasteiger partial charge >= 0.3 is 0 Å². The first kappa shape index (κ1) is 17.2. The Hall–Kier alpha value is -3.25. The van der Waals surface area contributed by atoms with Crippen molar-refractivity contribution in [1.82, 2.24) is 14.5 Å². The molecule has 27 heavy (non-hydrogen) atoms. The Kier molecular flexibility index (Phi) is 4.80. The van der Waals surface area contributed by atoms with Gasteiger partial charge in [0.15, 0.2) is 11.0 Å². The molecule has 2 aromatic heterocycles. The molecule has 0 unspecified atom stereocenters. The smallest absolute Gasteiger partial charge is 0.230 e. The van der Waals surface area contributed by atoms with Crippen LogP contribution in [0.4, 0.5) is 5.13 Å². The zero-order chi connectivity index (χ0) is 18.6. The second kappa shape index (κ2) is 7.55. The van der Waals surface area contributed by atoms with E-state index in [1.165, 1.54) is 11.3 Å². The number of rotatable bonds is 5. The minimum absolute atomic E-state index is 0.0825. The van der Waals surface area contributed by atoms with E-state index < -0.39 is 0 Å². The van der Waals surface area contributed by atoms with Crippen LogP contribution in [0.3, 0.4) is 0 Å². The molecule has 4 aromatic rings. The summed E-state index contributed by atoms with van der Waals surface area (Å²) < 4.78 is 1.95. The quantitative estimate of drug-likeness (QED) is 0.563. The van der Waals surface area contributed by atoms with Crippen LogP contribution < -0.4 is 5.32 Å². The number of benzene rings is 2. The molecule has 0 aliphatic rings. The second-order valence-electron chi connectivity index (χ2n) is 6.14. The standard InChI is InChI=1S/C21H18N4OS/c1-25-13-12-22-20(25)19-18(16-10-6-3-7-11-16)24-21(27-19)23-17(26)14-15-8-4-2-5-9-15/h2-13H,14H2,1H3,(H,23,24,26). The lowest BCUT2D eigenvalue weighted by molar-refractivity contribution is -0.115. The lowest BCUT2D eigenvalue weighted by Gasteiger charge is -2.02. The molecule has 0 fully saturated rings. The molecular weight excluding hydrogens is 356 g/mol. The maximum atomic E-state index is 12.4. The summed E-state index contributed by atoms with van der Waals surface area (Å²) in [5.41, 5.74) is 2.79. The van der Waals surface area contributed by atoms with Gasteiger partial charge in [-0.2, -0.15) is 0 Å². The van der Waals surface area contributed by atoms with Crippen LogP contribution >= 0.6 is 11.3 Å². The molecule has 0 spiro atoms. The number of amides is 1. The van der Waals surface area contributed by atoms with Crippen LogP contribution in [0.25, 0.3) is 22.0 Å². The van der Waals surface area contributed by atoms with E-state index in [0.29, 0.717) is 11.6 Å². The largest absolute Gasteiger partial charge is 0.333 e. The third-order valence-electron chi connectivity index (χ3n) is 4.15. The minimum atomic E-state index is -0.0825. The monoisotopic (exact) mass is 374 g/mol. The number of carbonyl (C=O) groups is 1. The molecule has 0 atom stereocenters. The van der Waals surface area contributed by atoms with Crippen molar-refractivity contribution in [2.45, 2.75) is 6.42 Å². The Balaban J connectivity index is 1.65. The molecule has 0 saturated heterocycles. The number of aryl methyl sites for hydroxylation is 1. The van der Waals surface area contributed by atoms with Crippen LogP contribution in [0.2, 0.25) is 0 Å². The topological polar surface area (TPSA) is 59.8 Å². The number of nitrogens with zero attached hydrogens (tertiary/aromatic N) is 3. The summed E-state index contributed by atoms with van der Waals surface area (Å²) in [6.45, 7) is 0. The number of thiazole rings is 1. The van der Waals surface area contributed by atoms with E-state index >= 15 is 0 Å². The Bertz CT molecular complexity index is 1050. The Morgan fingerprint density at radius 2 is 1.78 bits per heavy atom. The fraction of sp³-hybridized carbons (Fsp3) is 0.0952. The SMILES string of the molecule is Cn1ccnc1-c1sc(NC(=O)Cc2ccccc2)nc1-c1ccccc1. The van der Waals surface area contributed by atoms with Crippen LogP contribution in [0.1, 0.15) is 5.56 Å². The van der Waals surface area contributed by atoms with Crippen LogP contribution in [-0.2, 0) is 18.3 Å². The number of aromatic nitrogens is 3. The number of hydrogen-bond acceptors (Lipinski definition) is 4. The van der Waals surface area contributed by atoms with Gasteiger partial charge < -0.3 is 9.88 Å². The van der Waals surface area contributed by atoms with E-state index in [2.05, 4.69) is 10.3 Å². The summed E-state index contributed by atoms with van der Waals surface area (Å²) in [5.74, 6) is 0.746. The highest BCUT2D eigenvalue weighted by Crippen LogP contribution is 2.38. The predicted molar refractivity (Wildman–Crippen MR) is 109 cm³/mol. The summed E-state index contributed by atoms with van der Waals surface area (Å²) in [5, 5.41) is 3.51. The summed E-state index contributed by atoms with van der Waals surface area (Å²) in [6.07, 6.45) is 3.98. The van der Waals surface area contributed by atoms with Crippen molar-refractivity contribution in [3.63, 3.8) is 0 Å². The van der Waals surface area contributed by atoms with Crippen molar-refractivity contribution >= 4 is 22.4 Å². The van der Waals surface area contributed by atoms with E-state index in [1.807, 2.05) is 78.5 Å². The number of hydrogen-bond donors (Lipinski definition) is 1. The lowest BCUT2D eigenvalue weighted by Crippen LogP contribution is -2.14. The van der Waals surface area contributed by atoms with E-state index in [1.54, 1.807) is 6.20 Å². The molecule has 2 heterocycles. The van der Waals surface area contributed by atoms with Crippen molar-refractivity contribution < 1.29 is 4.79 Å². The number of nitrogens with one attached hydrogen (secondary N) is 1. The molecule has 0 aliphatic heterocycles. The van der Waals surface area contributed by atoms with Gasteiger partial charge in [-0.1, -0.05) is 72.0 Å². The first-order chi connectivity index (χ1) is 13.2. The van der Waals surface area contributed by atoms with E-state index in [4.69, 9.17) is 4.98 Å². The van der Waals surface area contributed by atoms with Gasteiger partial charge in [0.25, 0.3) is 0 Å². The average Bonchev–Trinajstić information content (AvgIpc) is 3.29. The highest BCUT2D eigenvalue weighted by molar-refractivity contribution is 7.19. The van der Waals surface area contributed by atoms with Crippen LogP contribution in [0.5, 0.6) is 0 Å². The number of carbonyl (C=O) groups excluding carboxylic acids is 1. The molecule has 6 heteroatoms. The van der Waals surface area contributed by atoms with Gasteiger partial charge in [-0.25, -0.2) is 9.97 Å². The van der Waals surface area contributed by atoms with Gasteiger partial charge in [-0.3, -0.25) is 4.79 Å². The van der Waals surface area contributed by atoms with Crippen molar-refractivity contribution in [3.05, 3.63) is 78.6 Å². The summed E-state index contributed by atoms with van der Waals surface area (Å²) in [7, 11) is 1.95. The van der Waals surface area contributed by atoms with Crippen molar-refractivity contribution in [2.75, 3.05) is 5.32 Å². The molecule has 0 bridgehead atoms. The zero-order valence-corrected chi connectivity index (χ0v) is 15.6. The summed E-state index contributed by atoms with van der Waals surface area (Å²) in [4.78, 5) is 22.5. The van der Waals surface area contributed by atoms with Crippen LogP contribution in [0, 0.1) is 0 Å². The van der Waals surface area contributed by atoms with Crippen LogP contribution in [-0.4, -0.2) is 20.4 Å². The number of anilines is 1. The lowest BCUT2D eigenvalue weighted by atomic mass is 10.1. The average molecular weight is 374 g/mol. The zero-order valence-electron chi connectivity index (χ0n) is 14.8. The normalized spacial score (nSPS) is 10.7. The fourth-order valence-corrected chi connectivity index (χ4v) is 3.89. The summed E-state index contributed by atoms with van der Waals surface area (Å²) in [6, 6.07) is 19.6. The van der Waals surface area contributed by atoms with Gasteiger partial charge in [0.2, 0.25) is 5.91 Å². The molecule has 134 valence electrons. The molecule has 0 radical (unpaired) electrons. The third kappa shape index (κ3) is 3.80. The van der Waals surface area contributed by atoms with Gasteiger partial charge in [0.1, 0.15) is 0 Å². The van der Waals surface area contributed by atoms with E-state index in [-0.39, 0.29) is 5.91 Å². The maximum absolute atomic E-state index is 12.4. The minimum Gasteiger partial charge on any atom is -0.333 e. The predicted octanol–water partition coefficient (Wildman–Crippen LogP) is 4.39. The first-order valence-electron chi connectivity index (χ1n) is 8.58. The second-order valence-corrected chi connectivity index (χ2v) is 7.13. The molecule has 1 N–H and O–H groups in total. The summed E-state index contributed by atoms with van der Waals surface area (Å²) >= 11 is 1.44. The molecule has 0 aliphatic carbocycles. The maximum Gasteiger partial charge on any atom is 0.230 e. The first-order valence-corrected chi connectivity index (χ1v) is 9.40. The van der Waals surface area contributed by atoms with E-state index in [0.717, 1.165) is 27.5 Å². The van der Waals surface area contributed by atoms with Gasteiger partial charge in [0, 0.05) is 25.0 Å². The molecule has 0 saturated carbocycles. The fourth-order valence-electron chi connectivity index (χ4n) is 2.85. The highest BCUT2D eigenvalue weighted by Gasteiger charge is 2.19. The number of imidazole rings is 1. The van der Waals surface area contributed by atoms with Crippen LogP contribution in [0.15, 0.2) is 73.1 Å².